The number of ketones is 1. The lowest BCUT2D eigenvalue weighted by Gasteiger charge is -2.25. The minimum absolute atomic E-state index is 0.0597. The fourth-order valence-corrected chi connectivity index (χ4v) is 6.12. The molecule has 1 saturated carbocycles. The van der Waals surface area contributed by atoms with Crippen LogP contribution in [-0.2, 0) is 4.79 Å². The minimum Gasteiger partial charge on any atom is -0.329 e. The Balaban J connectivity index is 2.37. The number of carbonyl (C=O) groups excluding carboxylic acids is 1. The fourth-order valence-electron chi connectivity index (χ4n) is 2.42. The van der Waals surface area contributed by atoms with Crippen LogP contribution < -0.4 is 5.73 Å². The van der Waals surface area contributed by atoms with Crippen LogP contribution >= 0.6 is 11.8 Å². The van der Waals surface area contributed by atoms with Crippen LogP contribution in [0.5, 0.6) is 0 Å². The van der Waals surface area contributed by atoms with E-state index in [2.05, 4.69) is 19.6 Å². The average Bonchev–Trinajstić information content (AvgIpc) is 2.34. The number of nitrogens with two attached hydrogens (primary N) is 1. The third kappa shape index (κ3) is 5.89. The quantitative estimate of drug-likeness (QED) is 0.728. The molecule has 0 heterocycles. The van der Waals surface area contributed by atoms with Gasteiger partial charge in [-0.2, -0.15) is 0 Å². The molecule has 1 aliphatic carbocycles. The molecule has 0 aliphatic heterocycles. The largest absolute Gasteiger partial charge is 0.329 e. The van der Waals surface area contributed by atoms with Crippen molar-refractivity contribution in [1.29, 1.82) is 0 Å². The number of hydrogen-bond acceptors (Lipinski definition) is 3. The van der Waals surface area contributed by atoms with Crippen molar-refractivity contribution < 1.29 is 4.79 Å². The Morgan fingerprint density at radius 1 is 1.28 bits per heavy atom. The predicted molar refractivity (Wildman–Crippen MR) is 85.0 cm³/mol. The molecular weight excluding hydrogens is 258 g/mol. The highest BCUT2D eigenvalue weighted by molar-refractivity contribution is 8.00. The maximum absolute atomic E-state index is 12.4. The monoisotopic (exact) mass is 287 g/mol. The van der Waals surface area contributed by atoms with E-state index in [9.17, 15) is 4.79 Å². The van der Waals surface area contributed by atoms with Crippen LogP contribution in [0.1, 0.15) is 32.1 Å². The summed E-state index contributed by atoms with van der Waals surface area (Å²) in [6, 6.07) is 1.28. The molecule has 18 heavy (non-hydrogen) atoms. The molecule has 2 nitrogen and oxygen atoms in total. The third-order valence-corrected chi connectivity index (χ3v) is 7.09. The molecule has 0 radical (unpaired) electrons. The molecule has 0 saturated heterocycles. The summed E-state index contributed by atoms with van der Waals surface area (Å²) in [7, 11) is -0.984. The Morgan fingerprint density at radius 3 is 2.39 bits per heavy atom. The highest BCUT2D eigenvalue weighted by Crippen LogP contribution is 2.28. The molecule has 0 aromatic rings. The Bertz CT molecular complexity index is 259. The zero-order chi connectivity index (χ0) is 13.6. The van der Waals surface area contributed by atoms with Gasteiger partial charge in [-0.3, -0.25) is 4.79 Å². The predicted octanol–water partition coefficient (Wildman–Crippen LogP) is 3.53. The maximum atomic E-state index is 12.4. The molecule has 2 N–H and O–H groups in total. The first-order valence-electron chi connectivity index (χ1n) is 7.29. The van der Waals surface area contributed by atoms with Gasteiger partial charge >= 0.3 is 0 Å². The lowest BCUT2D eigenvalue weighted by Crippen LogP contribution is -2.34. The highest BCUT2D eigenvalue weighted by Gasteiger charge is 2.27. The van der Waals surface area contributed by atoms with E-state index < -0.39 is 8.07 Å². The van der Waals surface area contributed by atoms with E-state index in [4.69, 9.17) is 5.73 Å². The van der Waals surface area contributed by atoms with E-state index in [1.54, 1.807) is 0 Å². The maximum Gasteiger partial charge on any atom is 0.150 e. The van der Waals surface area contributed by atoms with Crippen molar-refractivity contribution in [2.24, 2.45) is 11.7 Å². The minimum atomic E-state index is -0.984. The molecule has 1 rings (SSSR count). The number of Topliss-reactive ketones (excluding diaryl/α,β-unsaturated/α-hetero) is 1. The molecule has 0 aromatic heterocycles. The number of rotatable bonds is 7. The Morgan fingerprint density at radius 2 is 1.89 bits per heavy atom. The first-order chi connectivity index (χ1) is 8.44. The molecule has 0 bridgehead atoms. The molecule has 4 heteroatoms. The number of hydrogen-bond donors (Lipinski definition) is 1. The zero-order valence-corrected chi connectivity index (χ0v) is 14.0. The molecule has 1 unspecified atom stereocenters. The zero-order valence-electron chi connectivity index (χ0n) is 12.2. The molecule has 1 fully saturated rings. The van der Waals surface area contributed by atoms with E-state index in [-0.39, 0.29) is 5.25 Å². The number of thioether (sulfide) groups is 1. The van der Waals surface area contributed by atoms with Crippen LogP contribution in [0.3, 0.4) is 0 Å². The van der Waals surface area contributed by atoms with Crippen LogP contribution in [-0.4, -0.2) is 31.4 Å². The van der Waals surface area contributed by atoms with E-state index >= 15 is 0 Å². The number of carbonyl (C=O) groups is 1. The van der Waals surface area contributed by atoms with E-state index in [1.165, 1.54) is 25.3 Å². The summed E-state index contributed by atoms with van der Waals surface area (Å²) in [4.78, 5) is 12.4. The van der Waals surface area contributed by atoms with Crippen LogP contribution in [0.2, 0.25) is 25.7 Å². The summed E-state index contributed by atoms with van der Waals surface area (Å²) in [5.41, 5.74) is 5.80. The van der Waals surface area contributed by atoms with Crippen molar-refractivity contribution in [1.82, 2.24) is 0 Å². The van der Waals surface area contributed by atoms with Crippen molar-refractivity contribution in [2.45, 2.75) is 63.0 Å². The summed E-state index contributed by atoms with van der Waals surface area (Å²) in [6.07, 6.45) is 5.97. The molecule has 0 aromatic carbocycles. The summed E-state index contributed by atoms with van der Waals surface area (Å²) >= 11 is 1.81. The average molecular weight is 288 g/mol. The lowest BCUT2D eigenvalue weighted by atomic mass is 9.85. The van der Waals surface area contributed by atoms with E-state index in [0.29, 0.717) is 18.2 Å². The van der Waals surface area contributed by atoms with Crippen LogP contribution in [0.4, 0.5) is 0 Å². The smallest absolute Gasteiger partial charge is 0.150 e. The van der Waals surface area contributed by atoms with E-state index in [0.717, 1.165) is 18.6 Å². The Labute approximate surface area is 117 Å². The SMILES string of the molecule is C[Si](C)(C)CCSC(CN)C(=O)C1CCCCC1. The normalized spacial score (nSPS) is 19.8. The Kier molecular flexibility index (Phi) is 6.96. The van der Waals surface area contributed by atoms with Gasteiger partial charge in [0.05, 0.1) is 5.25 Å². The second-order valence-electron chi connectivity index (χ2n) is 6.64. The van der Waals surface area contributed by atoms with Gasteiger partial charge in [-0.1, -0.05) is 38.9 Å². The summed E-state index contributed by atoms with van der Waals surface area (Å²) in [5, 5.41) is 0.0597. The van der Waals surface area contributed by atoms with Gasteiger partial charge in [0.2, 0.25) is 0 Å². The molecule has 0 amide bonds. The van der Waals surface area contributed by atoms with Gasteiger partial charge in [0.15, 0.2) is 0 Å². The van der Waals surface area contributed by atoms with Crippen molar-refractivity contribution in [3.63, 3.8) is 0 Å². The van der Waals surface area contributed by atoms with Gasteiger partial charge < -0.3 is 5.73 Å². The first kappa shape index (κ1) is 16.3. The standard InChI is InChI=1S/C14H29NOSSi/c1-18(2,3)10-9-17-13(11-15)14(16)12-7-5-4-6-8-12/h12-13H,4-11,15H2,1-3H3. The van der Waals surface area contributed by atoms with Gasteiger partial charge in [0, 0.05) is 20.5 Å². The van der Waals surface area contributed by atoms with Gasteiger partial charge in [-0.15, -0.1) is 11.8 Å². The summed E-state index contributed by atoms with van der Waals surface area (Å²) < 4.78 is 0. The molecule has 0 spiro atoms. The van der Waals surface area contributed by atoms with Crippen molar-refractivity contribution in [2.75, 3.05) is 12.3 Å². The molecule has 106 valence electrons. The van der Waals surface area contributed by atoms with Crippen molar-refractivity contribution in [3.8, 4) is 0 Å². The van der Waals surface area contributed by atoms with Crippen LogP contribution in [0.25, 0.3) is 0 Å². The summed E-state index contributed by atoms with van der Waals surface area (Å²) in [6.45, 7) is 7.67. The Hall–Kier alpha value is 0.197. The second kappa shape index (κ2) is 7.71. The van der Waals surface area contributed by atoms with Crippen molar-refractivity contribution >= 4 is 25.6 Å². The summed E-state index contributed by atoms with van der Waals surface area (Å²) in [5.74, 6) is 1.86. The third-order valence-electron chi connectivity index (χ3n) is 3.71. The first-order valence-corrected chi connectivity index (χ1v) is 12.0. The van der Waals surface area contributed by atoms with Gasteiger partial charge in [-0.05, 0) is 24.6 Å². The van der Waals surface area contributed by atoms with Crippen molar-refractivity contribution in [3.05, 3.63) is 0 Å². The van der Waals surface area contributed by atoms with Gasteiger partial charge in [0.25, 0.3) is 0 Å². The highest BCUT2D eigenvalue weighted by atomic mass is 32.2. The van der Waals surface area contributed by atoms with Crippen LogP contribution in [0, 0.1) is 5.92 Å². The van der Waals surface area contributed by atoms with Crippen LogP contribution in [0.15, 0.2) is 0 Å². The lowest BCUT2D eigenvalue weighted by molar-refractivity contribution is -0.123. The van der Waals surface area contributed by atoms with Gasteiger partial charge in [0.1, 0.15) is 5.78 Å². The van der Waals surface area contributed by atoms with Gasteiger partial charge in [-0.25, -0.2) is 0 Å². The topological polar surface area (TPSA) is 43.1 Å². The molecule has 1 atom stereocenters. The fraction of sp³-hybridized carbons (Fsp3) is 0.929. The second-order valence-corrected chi connectivity index (χ2v) is 13.6. The van der Waals surface area contributed by atoms with E-state index in [1.807, 2.05) is 11.8 Å². The molecule has 1 aliphatic rings. The molecular formula is C14H29NOSSi.